The monoisotopic (exact) mass is 408 g/mol. The quantitative estimate of drug-likeness (QED) is 0.459. The molecule has 4 N–H and O–H groups in total. The Morgan fingerprint density at radius 2 is 1.65 bits per heavy atom. The number of thiocarbonyl (C=S) groups is 2. The summed E-state index contributed by atoms with van der Waals surface area (Å²) in [6.45, 7) is 0.753. The molecule has 2 aromatic carbocycles. The molecule has 2 rings (SSSR count). The molecule has 23 heavy (non-hydrogen) atoms. The number of halogens is 1. The van der Waals surface area contributed by atoms with E-state index in [1.807, 2.05) is 42.5 Å². The van der Waals surface area contributed by atoms with Crippen LogP contribution in [-0.2, 0) is 6.42 Å². The van der Waals surface area contributed by atoms with E-state index >= 15 is 0 Å². The van der Waals surface area contributed by atoms with Crippen molar-refractivity contribution in [1.29, 1.82) is 0 Å². The second-order valence-corrected chi connectivity index (χ2v) is 6.44. The van der Waals surface area contributed by atoms with Crippen molar-refractivity contribution in [3.63, 3.8) is 0 Å². The van der Waals surface area contributed by atoms with Gasteiger partial charge in [0, 0.05) is 16.7 Å². The highest BCUT2D eigenvalue weighted by molar-refractivity contribution is 9.10. The maximum atomic E-state index is 5.20. The molecule has 0 fully saturated rings. The van der Waals surface area contributed by atoms with Crippen LogP contribution in [0.2, 0.25) is 0 Å². The molecule has 0 aromatic heterocycles. The highest BCUT2D eigenvalue weighted by Crippen LogP contribution is 2.15. The molecule has 0 aliphatic heterocycles. The Balaban J connectivity index is 1.65. The third kappa shape index (κ3) is 6.94. The van der Waals surface area contributed by atoms with Crippen molar-refractivity contribution < 1.29 is 0 Å². The Kier molecular flexibility index (Phi) is 7.25. The minimum absolute atomic E-state index is 0.440. The van der Waals surface area contributed by atoms with Gasteiger partial charge in [-0.15, -0.1) is 0 Å². The van der Waals surface area contributed by atoms with Gasteiger partial charge in [0.1, 0.15) is 0 Å². The molecule has 2 aromatic rings. The van der Waals surface area contributed by atoms with Crippen LogP contribution < -0.4 is 21.5 Å². The number of benzene rings is 2. The lowest BCUT2D eigenvalue weighted by Gasteiger charge is -2.14. The van der Waals surface area contributed by atoms with Crippen LogP contribution in [0, 0.1) is 0 Å². The molecule has 0 radical (unpaired) electrons. The molecule has 0 bridgehead atoms. The smallest absolute Gasteiger partial charge is 0.189 e. The summed E-state index contributed by atoms with van der Waals surface area (Å²) in [5.74, 6) is 0. The van der Waals surface area contributed by atoms with Crippen molar-refractivity contribution in [3.05, 3.63) is 64.6 Å². The van der Waals surface area contributed by atoms with Crippen LogP contribution in [0.25, 0.3) is 0 Å². The molecule has 0 heterocycles. The van der Waals surface area contributed by atoms with Gasteiger partial charge in [-0.25, -0.2) is 0 Å². The summed E-state index contributed by atoms with van der Waals surface area (Å²) in [6.07, 6.45) is 0.906. The summed E-state index contributed by atoms with van der Waals surface area (Å²) in [4.78, 5) is 0. The van der Waals surface area contributed by atoms with Gasteiger partial charge in [0.15, 0.2) is 10.2 Å². The number of hydrogen-bond donors (Lipinski definition) is 4. The topological polar surface area (TPSA) is 48.1 Å². The van der Waals surface area contributed by atoms with E-state index in [9.17, 15) is 0 Å². The van der Waals surface area contributed by atoms with Gasteiger partial charge in [-0.05, 0) is 54.6 Å². The Morgan fingerprint density at radius 1 is 0.913 bits per heavy atom. The summed E-state index contributed by atoms with van der Waals surface area (Å²) in [7, 11) is 0. The summed E-state index contributed by atoms with van der Waals surface area (Å²) < 4.78 is 0.983. The van der Waals surface area contributed by atoms with Gasteiger partial charge < -0.3 is 10.6 Å². The van der Waals surface area contributed by atoms with Crippen LogP contribution in [0.15, 0.2) is 59.1 Å². The van der Waals surface area contributed by atoms with Gasteiger partial charge in [0.05, 0.1) is 0 Å². The van der Waals surface area contributed by atoms with Crippen molar-refractivity contribution in [2.24, 2.45) is 0 Å². The van der Waals surface area contributed by atoms with E-state index in [4.69, 9.17) is 24.4 Å². The molecule has 0 spiro atoms. The second kappa shape index (κ2) is 9.44. The Labute approximate surface area is 155 Å². The predicted molar refractivity (Wildman–Crippen MR) is 107 cm³/mol. The molecule has 4 nitrogen and oxygen atoms in total. The van der Waals surface area contributed by atoms with Crippen LogP contribution in [0.4, 0.5) is 5.69 Å². The van der Waals surface area contributed by atoms with E-state index in [2.05, 4.69) is 49.5 Å². The van der Waals surface area contributed by atoms with Gasteiger partial charge >= 0.3 is 0 Å². The fourth-order valence-corrected chi connectivity index (χ4v) is 2.57. The van der Waals surface area contributed by atoms with Crippen molar-refractivity contribution in [2.75, 3.05) is 11.9 Å². The molecular weight excluding hydrogens is 392 g/mol. The zero-order valence-electron chi connectivity index (χ0n) is 12.3. The molecule has 0 saturated heterocycles. The third-order valence-corrected chi connectivity index (χ3v) is 3.86. The predicted octanol–water partition coefficient (Wildman–Crippen LogP) is 3.36. The fraction of sp³-hybridized carbons (Fsp3) is 0.125. The lowest BCUT2D eigenvalue weighted by Crippen LogP contribution is -2.48. The average molecular weight is 409 g/mol. The van der Waals surface area contributed by atoms with Gasteiger partial charge in [-0.2, -0.15) is 0 Å². The first kappa shape index (κ1) is 17.7. The number of anilines is 1. The zero-order valence-corrected chi connectivity index (χ0v) is 15.5. The first-order valence-corrected chi connectivity index (χ1v) is 8.65. The molecule has 0 unspecified atom stereocenters. The average Bonchev–Trinajstić information content (AvgIpc) is 2.54. The Bertz CT molecular complexity index is 664. The number of hydrazine groups is 1. The van der Waals surface area contributed by atoms with Gasteiger partial charge in [-0.1, -0.05) is 52.3 Å². The number of hydrogen-bond acceptors (Lipinski definition) is 2. The Morgan fingerprint density at radius 3 is 2.39 bits per heavy atom. The molecule has 120 valence electrons. The van der Waals surface area contributed by atoms with Crippen molar-refractivity contribution in [3.8, 4) is 0 Å². The van der Waals surface area contributed by atoms with Crippen LogP contribution in [0.5, 0.6) is 0 Å². The second-order valence-electron chi connectivity index (χ2n) is 4.71. The summed E-state index contributed by atoms with van der Waals surface area (Å²) in [6, 6.07) is 18.0. The highest BCUT2D eigenvalue weighted by atomic mass is 79.9. The molecule has 0 amide bonds. The van der Waals surface area contributed by atoms with Crippen molar-refractivity contribution in [1.82, 2.24) is 16.2 Å². The van der Waals surface area contributed by atoms with Crippen molar-refractivity contribution in [2.45, 2.75) is 6.42 Å². The van der Waals surface area contributed by atoms with Gasteiger partial charge in [-0.3, -0.25) is 10.9 Å². The standard InChI is InChI=1S/C16H17BrN4S2/c17-13-7-4-8-14(11-13)19-16(23)21-20-15(22)18-10-9-12-5-2-1-3-6-12/h1-8,11H,9-10H2,(H2,18,20,22)(H2,19,21,23). The summed E-state index contributed by atoms with van der Waals surface area (Å²) >= 11 is 13.8. The minimum Gasteiger partial charge on any atom is -0.361 e. The van der Waals surface area contributed by atoms with Crippen LogP contribution in [-0.4, -0.2) is 16.8 Å². The van der Waals surface area contributed by atoms with E-state index in [0.29, 0.717) is 10.2 Å². The van der Waals surface area contributed by atoms with E-state index in [-0.39, 0.29) is 0 Å². The van der Waals surface area contributed by atoms with Gasteiger partial charge in [0.2, 0.25) is 0 Å². The van der Waals surface area contributed by atoms with Crippen LogP contribution in [0.1, 0.15) is 5.56 Å². The third-order valence-electron chi connectivity index (χ3n) is 2.91. The molecule has 0 aliphatic rings. The lowest BCUT2D eigenvalue weighted by atomic mass is 10.1. The van der Waals surface area contributed by atoms with E-state index in [1.54, 1.807) is 0 Å². The van der Waals surface area contributed by atoms with E-state index in [1.165, 1.54) is 5.56 Å². The minimum atomic E-state index is 0.440. The Hall–Kier alpha value is -1.70. The largest absolute Gasteiger partial charge is 0.361 e. The molecule has 0 saturated carbocycles. The summed E-state index contributed by atoms with van der Waals surface area (Å²) in [5.41, 5.74) is 7.87. The SMILES string of the molecule is S=C(NCCc1ccccc1)NNC(=S)Nc1cccc(Br)c1. The fourth-order valence-electron chi connectivity index (χ4n) is 1.85. The molecule has 7 heteroatoms. The van der Waals surface area contributed by atoms with Crippen LogP contribution >= 0.6 is 40.4 Å². The van der Waals surface area contributed by atoms with E-state index in [0.717, 1.165) is 23.1 Å². The molecular formula is C16H17BrN4S2. The maximum Gasteiger partial charge on any atom is 0.189 e. The first-order valence-electron chi connectivity index (χ1n) is 7.04. The maximum absolute atomic E-state index is 5.20. The van der Waals surface area contributed by atoms with Crippen molar-refractivity contribution >= 4 is 56.3 Å². The molecule has 0 aliphatic carbocycles. The van der Waals surface area contributed by atoms with Gasteiger partial charge in [0.25, 0.3) is 0 Å². The number of nitrogens with one attached hydrogen (secondary N) is 4. The normalized spacial score (nSPS) is 9.78. The first-order chi connectivity index (χ1) is 11.1. The highest BCUT2D eigenvalue weighted by Gasteiger charge is 2.00. The van der Waals surface area contributed by atoms with Crippen LogP contribution in [0.3, 0.4) is 0 Å². The lowest BCUT2D eigenvalue weighted by molar-refractivity contribution is 0.796. The number of rotatable bonds is 4. The van der Waals surface area contributed by atoms with E-state index < -0.39 is 0 Å². The zero-order chi connectivity index (χ0) is 16.5. The molecule has 0 atom stereocenters. The summed E-state index contributed by atoms with van der Waals surface area (Å²) in [5, 5.41) is 7.12.